The fraction of sp³-hybridized carbons (Fsp3) is 0.269. The highest BCUT2D eigenvalue weighted by molar-refractivity contribution is 5.84. The van der Waals surface area contributed by atoms with Crippen LogP contribution in [-0.4, -0.2) is 23.5 Å². The van der Waals surface area contributed by atoms with Gasteiger partial charge in [-0.1, -0.05) is 30.3 Å². The van der Waals surface area contributed by atoms with E-state index >= 15 is 0 Å². The number of likely N-dealkylation sites (tertiary alicyclic amines) is 1. The highest BCUT2D eigenvalue weighted by Gasteiger charge is 2.29. The van der Waals surface area contributed by atoms with Crippen molar-refractivity contribution in [3.63, 3.8) is 0 Å². The molecule has 1 fully saturated rings. The van der Waals surface area contributed by atoms with Crippen LogP contribution < -0.4 is 5.73 Å². The average molecular weight is 418 g/mol. The molecule has 0 spiro atoms. The van der Waals surface area contributed by atoms with Gasteiger partial charge in [-0.2, -0.15) is 5.26 Å². The number of hydrogen-bond acceptors (Lipinski definition) is 3. The molecule has 0 amide bonds. The second kappa shape index (κ2) is 8.22. The molecule has 1 aliphatic rings. The molecule has 31 heavy (non-hydrogen) atoms. The molecule has 158 valence electrons. The molecule has 1 heterocycles. The molecular weight excluding hydrogens is 392 g/mol. The molecular formula is C26H25F2N3. The highest BCUT2D eigenvalue weighted by atomic mass is 19.1. The SMILES string of the molecule is Cc1ccc(-c2ccc(CN3CC[C@](C)(N)C3)cc2-c2ccc(C#N)c(F)c2)c(F)c1. The van der Waals surface area contributed by atoms with Crippen LogP contribution in [0.25, 0.3) is 22.3 Å². The second-order valence-electron chi connectivity index (χ2n) is 8.78. The van der Waals surface area contributed by atoms with Gasteiger partial charge in [-0.25, -0.2) is 8.78 Å². The fourth-order valence-corrected chi connectivity index (χ4v) is 4.25. The number of benzene rings is 3. The summed E-state index contributed by atoms with van der Waals surface area (Å²) < 4.78 is 29.2. The maximum Gasteiger partial charge on any atom is 0.141 e. The van der Waals surface area contributed by atoms with E-state index in [4.69, 9.17) is 11.0 Å². The molecule has 0 unspecified atom stereocenters. The van der Waals surface area contributed by atoms with Crippen molar-refractivity contribution >= 4 is 0 Å². The summed E-state index contributed by atoms with van der Waals surface area (Å²) in [7, 11) is 0. The zero-order valence-corrected chi connectivity index (χ0v) is 17.8. The minimum absolute atomic E-state index is 0.0118. The van der Waals surface area contributed by atoms with Gasteiger partial charge in [-0.15, -0.1) is 0 Å². The normalized spacial score (nSPS) is 18.8. The Morgan fingerprint density at radius 3 is 2.42 bits per heavy atom. The molecule has 1 atom stereocenters. The summed E-state index contributed by atoms with van der Waals surface area (Å²) in [5.74, 6) is -0.902. The Bertz CT molecular complexity index is 1180. The minimum Gasteiger partial charge on any atom is -0.324 e. The number of nitrogens with two attached hydrogens (primary N) is 1. The van der Waals surface area contributed by atoms with Crippen molar-refractivity contribution in [3.8, 4) is 28.3 Å². The number of hydrogen-bond donors (Lipinski definition) is 1. The monoisotopic (exact) mass is 417 g/mol. The molecule has 3 aromatic rings. The van der Waals surface area contributed by atoms with Gasteiger partial charge in [-0.3, -0.25) is 4.90 Å². The Kier molecular flexibility index (Phi) is 5.62. The molecule has 0 aromatic heterocycles. The summed E-state index contributed by atoms with van der Waals surface area (Å²) in [6.45, 7) is 6.34. The second-order valence-corrected chi connectivity index (χ2v) is 8.78. The Labute approximate surface area is 181 Å². The first-order valence-corrected chi connectivity index (χ1v) is 10.4. The molecule has 3 nitrogen and oxygen atoms in total. The van der Waals surface area contributed by atoms with Crippen LogP contribution in [0.4, 0.5) is 8.78 Å². The van der Waals surface area contributed by atoms with Crippen LogP contribution in [0, 0.1) is 29.9 Å². The molecule has 4 rings (SSSR count). The molecule has 5 heteroatoms. The third-order valence-corrected chi connectivity index (χ3v) is 5.89. The first-order chi connectivity index (χ1) is 14.8. The summed E-state index contributed by atoms with van der Waals surface area (Å²) in [6.07, 6.45) is 0.938. The van der Waals surface area contributed by atoms with E-state index < -0.39 is 5.82 Å². The predicted molar refractivity (Wildman–Crippen MR) is 119 cm³/mol. The van der Waals surface area contributed by atoms with Gasteiger partial charge in [0.2, 0.25) is 0 Å². The van der Waals surface area contributed by atoms with E-state index in [9.17, 15) is 8.78 Å². The van der Waals surface area contributed by atoms with Gasteiger partial charge in [0.1, 0.15) is 17.7 Å². The van der Waals surface area contributed by atoms with Crippen molar-refractivity contribution in [1.82, 2.24) is 4.90 Å². The first-order valence-electron chi connectivity index (χ1n) is 10.4. The number of rotatable bonds is 4. The first kappa shape index (κ1) is 21.2. The van der Waals surface area contributed by atoms with Crippen LogP contribution in [0.15, 0.2) is 54.6 Å². The summed E-state index contributed by atoms with van der Waals surface area (Å²) in [6, 6.07) is 17.4. The van der Waals surface area contributed by atoms with Crippen LogP contribution in [-0.2, 0) is 6.54 Å². The van der Waals surface area contributed by atoms with Crippen molar-refractivity contribution in [1.29, 1.82) is 5.26 Å². The third-order valence-electron chi connectivity index (χ3n) is 5.89. The lowest BCUT2D eigenvalue weighted by atomic mass is 9.91. The Balaban J connectivity index is 1.80. The fourth-order valence-electron chi connectivity index (χ4n) is 4.25. The summed E-state index contributed by atoms with van der Waals surface area (Å²) >= 11 is 0. The van der Waals surface area contributed by atoms with Crippen LogP contribution in [0.5, 0.6) is 0 Å². The van der Waals surface area contributed by atoms with Gasteiger partial charge >= 0.3 is 0 Å². The van der Waals surface area contributed by atoms with E-state index in [2.05, 4.69) is 11.8 Å². The predicted octanol–water partition coefficient (Wildman–Crippen LogP) is 5.40. The largest absolute Gasteiger partial charge is 0.324 e. The molecule has 0 aliphatic carbocycles. The average Bonchev–Trinajstić information content (AvgIpc) is 3.06. The van der Waals surface area contributed by atoms with E-state index in [1.165, 1.54) is 18.2 Å². The maximum atomic E-state index is 14.8. The lowest BCUT2D eigenvalue weighted by Crippen LogP contribution is -2.38. The van der Waals surface area contributed by atoms with Crippen molar-refractivity contribution in [2.75, 3.05) is 13.1 Å². The molecule has 1 aliphatic heterocycles. The topological polar surface area (TPSA) is 53.0 Å². The van der Waals surface area contributed by atoms with Gasteiger partial charge in [0.15, 0.2) is 0 Å². The van der Waals surface area contributed by atoms with Crippen molar-refractivity contribution in [2.24, 2.45) is 5.73 Å². The van der Waals surface area contributed by atoms with Crippen LogP contribution in [0.2, 0.25) is 0 Å². The molecule has 2 N–H and O–H groups in total. The van der Waals surface area contributed by atoms with E-state index in [0.29, 0.717) is 16.7 Å². The van der Waals surface area contributed by atoms with Gasteiger partial charge in [0, 0.05) is 30.7 Å². The van der Waals surface area contributed by atoms with Crippen LogP contribution in [0.3, 0.4) is 0 Å². The van der Waals surface area contributed by atoms with Crippen LogP contribution in [0.1, 0.15) is 30.0 Å². The zero-order valence-electron chi connectivity index (χ0n) is 17.8. The van der Waals surface area contributed by atoms with E-state index in [-0.39, 0.29) is 16.9 Å². The molecule has 0 saturated carbocycles. The number of nitriles is 1. The number of halogens is 2. The standard InChI is InChI=1S/C26H25F2N3/c1-17-3-7-22(25(28)11-17)21-8-4-18(15-31-10-9-26(2,30)16-31)12-23(21)19-5-6-20(14-29)24(27)13-19/h3-8,11-13H,9-10,15-16,30H2,1-2H3/t26-/m0/s1. The molecule has 3 aromatic carbocycles. The highest BCUT2D eigenvalue weighted by Crippen LogP contribution is 2.36. The lowest BCUT2D eigenvalue weighted by molar-refractivity contribution is 0.310. The molecule has 0 bridgehead atoms. The van der Waals surface area contributed by atoms with E-state index in [1.54, 1.807) is 12.1 Å². The summed E-state index contributed by atoms with van der Waals surface area (Å²) in [4.78, 5) is 2.30. The Morgan fingerprint density at radius 1 is 1.00 bits per heavy atom. The minimum atomic E-state index is -0.584. The quantitative estimate of drug-likeness (QED) is 0.618. The van der Waals surface area contributed by atoms with Crippen LogP contribution >= 0.6 is 0 Å². The maximum absolute atomic E-state index is 14.8. The smallest absolute Gasteiger partial charge is 0.141 e. The van der Waals surface area contributed by atoms with E-state index in [1.807, 2.05) is 37.3 Å². The van der Waals surface area contributed by atoms with Crippen molar-refractivity contribution in [2.45, 2.75) is 32.4 Å². The zero-order chi connectivity index (χ0) is 22.2. The Hall–Kier alpha value is -3.07. The van der Waals surface area contributed by atoms with E-state index in [0.717, 1.165) is 42.7 Å². The van der Waals surface area contributed by atoms with Crippen molar-refractivity contribution in [3.05, 3.63) is 82.9 Å². The van der Waals surface area contributed by atoms with Gasteiger partial charge in [0.05, 0.1) is 5.56 Å². The summed E-state index contributed by atoms with van der Waals surface area (Å²) in [5, 5.41) is 9.07. The van der Waals surface area contributed by atoms with Gasteiger partial charge in [-0.05, 0) is 72.4 Å². The Morgan fingerprint density at radius 2 is 1.77 bits per heavy atom. The number of aryl methyl sites for hydroxylation is 1. The summed E-state index contributed by atoms with van der Waals surface area (Å²) in [5.41, 5.74) is 10.4. The third kappa shape index (κ3) is 4.51. The van der Waals surface area contributed by atoms with Crippen molar-refractivity contribution < 1.29 is 8.78 Å². The van der Waals surface area contributed by atoms with Gasteiger partial charge < -0.3 is 5.73 Å². The lowest BCUT2D eigenvalue weighted by Gasteiger charge is -2.21. The molecule has 1 saturated heterocycles. The number of nitrogens with zero attached hydrogens (tertiary/aromatic N) is 2. The van der Waals surface area contributed by atoms with Gasteiger partial charge in [0.25, 0.3) is 0 Å². The molecule has 0 radical (unpaired) electrons.